The third-order valence-electron chi connectivity index (χ3n) is 9.14. The van der Waals surface area contributed by atoms with E-state index in [1.807, 2.05) is 12.3 Å². The quantitative estimate of drug-likeness (QED) is 0.168. The van der Waals surface area contributed by atoms with E-state index in [4.69, 9.17) is 15.0 Å². The third kappa shape index (κ3) is 4.70. The number of hydrogen-bond donors (Lipinski definition) is 0. The molecular weight excluding hydrogens is 756 g/mol. The third-order valence-corrected chi connectivity index (χ3v) is 9.14. The van der Waals surface area contributed by atoms with Crippen LogP contribution in [0, 0.1) is 6.07 Å². The number of para-hydroxylation sites is 2. The Morgan fingerprint density at radius 2 is 1.43 bits per heavy atom. The van der Waals surface area contributed by atoms with Crippen LogP contribution in [0.4, 0.5) is 0 Å². The van der Waals surface area contributed by atoms with Crippen molar-refractivity contribution in [2.45, 2.75) is 26.2 Å². The zero-order valence-corrected chi connectivity index (χ0v) is 28.5. The number of benzene rings is 5. The number of hydrogen-bond acceptors (Lipinski definition) is 2. The molecule has 0 bridgehead atoms. The van der Waals surface area contributed by atoms with E-state index in [1.165, 1.54) is 27.1 Å². The molecule has 0 radical (unpaired) electrons. The zero-order chi connectivity index (χ0) is 31.0. The van der Waals surface area contributed by atoms with Gasteiger partial charge in [0.15, 0.2) is 0 Å². The summed E-state index contributed by atoms with van der Waals surface area (Å²) >= 11 is 0. The summed E-state index contributed by atoms with van der Waals surface area (Å²) in [5.74, 6) is 0. The molecule has 0 aliphatic heterocycles. The van der Waals surface area contributed by atoms with Crippen LogP contribution in [0.1, 0.15) is 26.3 Å². The minimum Gasteiger partial charge on any atom is -0.656 e. The molecule has 47 heavy (non-hydrogen) atoms. The summed E-state index contributed by atoms with van der Waals surface area (Å²) in [5.41, 5.74) is 9.84. The molecule has 0 amide bonds. The second-order valence-electron chi connectivity index (χ2n) is 13.0. The maximum absolute atomic E-state index is 5.27. The van der Waals surface area contributed by atoms with Crippen molar-refractivity contribution in [3.63, 3.8) is 0 Å². The average molecular weight is 786 g/mol. The molecule has 0 N–H and O–H groups in total. The molecule has 4 aromatic heterocycles. The predicted octanol–water partition coefficient (Wildman–Crippen LogP) is 10.4. The van der Waals surface area contributed by atoms with E-state index < -0.39 is 0 Å². The smallest absolute Gasteiger partial charge is 0.656 e. The molecule has 0 aliphatic carbocycles. The van der Waals surface area contributed by atoms with E-state index in [2.05, 4.69) is 147 Å². The fraction of sp³-hybridized carbons (Fsp3) is 0.0952. The van der Waals surface area contributed by atoms with E-state index >= 15 is 0 Å². The van der Waals surface area contributed by atoms with Crippen LogP contribution in [0.5, 0.6) is 0 Å². The van der Waals surface area contributed by atoms with Crippen LogP contribution in [-0.4, -0.2) is 14.5 Å². The number of nitrogens with zero attached hydrogens (tertiary/aromatic N) is 4. The first-order valence-electron chi connectivity index (χ1n) is 15.7. The predicted molar refractivity (Wildman–Crippen MR) is 191 cm³/mol. The molecule has 0 atom stereocenters. The van der Waals surface area contributed by atoms with Gasteiger partial charge in [0, 0.05) is 17.0 Å². The zero-order valence-electron chi connectivity index (χ0n) is 26.2. The summed E-state index contributed by atoms with van der Waals surface area (Å²) in [6.45, 7) is 6.75. The van der Waals surface area contributed by atoms with Gasteiger partial charge >= 0.3 is 21.1 Å². The van der Waals surface area contributed by atoms with Gasteiger partial charge in [-0.25, -0.2) is 4.98 Å². The molecule has 0 spiro atoms. The Bertz CT molecular complexity index is 2580. The molecule has 0 saturated heterocycles. The van der Waals surface area contributed by atoms with Gasteiger partial charge in [-0.1, -0.05) is 106 Å². The van der Waals surface area contributed by atoms with Crippen LogP contribution in [-0.2, 0) is 26.5 Å². The van der Waals surface area contributed by atoms with Crippen molar-refractivity contribution in [3.05, 3.63) is 139 Å². The van der Waals surface area contributed by atoms with Crippen molar-refractivity contribution >= 4 is 54.5 Å². The summed E-state index contributed by atoms with van der Waals surface area (Å²) < 4.78 is 2.23. The fourth-order valence-electron chi connectivity index (χ4n) is 6.85. The molecule has 0 unspecified atom stereocenters. The van der Waals surface area contributed by atoms with Crippen molar-refractivity contribution in [2.24, 2.45) is 0 Å². The van der Waals surface area contributed by atoms with Gasteiger partial charge in [0.05, 0.1) is 11.2 Å². The Morgan fingerprint density at radius 1 is 0.681 bits per heavy atom. The molecule has 5 heteroatoms. The molecule has 0 saturated carbocycles. The summed E-state index contributed by atoms with van der Waals surface area (Å²) in [6.07, 6.45) is 1.86. The normalized spacial score (nSPS) is 12.0. The van der Waals surface area contributed by atoms with Crippen LogP contribution in [0.25, 0.3) is 82.7 Å². The van der Waals surface area contributed by atoms with Gasteiger partial charge < -0.3 is 9.55 Å². The Morgan fingerprint density at radius 3 is 2.30 bits per heavy atom. The molecule has 9 aromatic rings. The van der Waals surface area contributed by atoms with Crippen molar-refractivity contribution in [2.75, 3.05) is 0 Å². The molecule has 4 nitrogen and oxygen atoms in total. The Hall–Kier alpha value is -5.05. The fourth-order valence-corrected chi connectivity index (χ4v) is 6.85. The molecule has 9 rings (SSSR count). The Labute approximate surface area is 287 Å². The van der Waals surface area contributed by atoms with E-state index in [0.29, 0.717) is 0 Å². The van der Waals surface area contributed by atoms with Gasteiger partial charge in [0.1, 0.15) is 5.65 Å². The SMILES string of the molecule is CC(C)(C)c1cc(-c2cccc(-c3cccc4c3[n-]c3ccc5ccccc5c34)n2)[c-]c(-n2c3ccccc3c3cccnc32)c1.[Pt+2]. The minimum atomic E-state index is -0.0872. The monoisotopic (exact) mass is 785 g/mol. The van der Waals surface area contributed by atoms with Crippen molar-refractivity contribution in [3.8, 4) is 28.2 Å². The second-order valence-corrected chi connectivity index (χ2v) is 13.0. The van der Waals surface area contributed by atoms with E-state index in [-0.39, 0.29) is 26.5 Å². The number of aromatic nitrogens is 4. The average Bonchev–Trinajstić information content (AvgIpc) is 3.64. The van der Waals surface area contributed by atoms with E-state index in [1.54, 1.807) is 0 Å². The molecule has 0 aliphatic rings. The Kier molecular flexibility index (Phi) is 6.89. The second kappa shape index (κ2) is 11.0. The van der Waals surface area contributed by atoms with Crippen LogP contribution in [0.3, 0.4) is 0 Å². The largest absolute Gasteiger partial charge is 2.00 e. The summed E-state index contributed by atoms with van der Waals surface area (Å²) in [6, 6.07) is 46.4. The van der Waals surface area contributed by atoms with Crippen LogP contribution >= 0.6 is 0 Å². The molecule has 0 fully saturated rings. The van der Waals surface area contributed by atoms with Gasteiger partial charge in [0.25, 0.3) is 0 Å². The van der Waals surface area contributed by atoms with Crippen molar-refractivity contribution in [1.82, 2.24) is 19.5 Å². The number of rotatable bonds is 3. The van der Waals surface area contributed by atoms with Crippen molar-refractivity contribution < 1.29 is 21.1 Å². The Balaban J connectivity index is 0.00000324. The van der Waals surface area contributed by atoms with Crippen LogP contribution < -0.4 is 4.98 Å². The maximum Gasteiger partial charge on any atom is 2.00 e. The molecular formula is C42H30N4Pt. The van der Waals surface area contributed by atoms with Crippen molar-refractivity contribution in [1.29, 1.82) is 0 Å². The van der Waals surface area contributed by atoms with Gasteiger partial charge in [-0.05, 0) is 68.2 Å². The first-order chi connectivity index (χ1) is 22.4. The summed E-state index contributed by atoms with van der Waals surface area (Å²) in [7, 11) is 0. The summed E-state index contributed by atoms with van der Waals surface area (Å²) in [4.78, 5) is 15.2. The summed E-state index contributed by atoms with van der Waals surface area (Å²) in [5, 5.41) is 7.10. The topological polar surface area (TPSA) is 44.8 Å². The molecule has 4 heterocycles. The molecule has 5 aromatic carbocycles. The minimum absolute atomic E-state index is 0. The van der Waals surface area contributed by atoms with Crippen LogP contribution in [0.15, 0.2) is 128 Å². The van der Waals surface area contributed by atoms with Gasteiger partial charge in [-0.15, -0.1) is 40.4 Å². The standard InChI is InChI=1S/C42H30N4.Pt/c1-42(2,3)28-23-27(24-29(25-28)46-38-19-7-6-13-31(38)32-16-10-22-43-41(32)46)35-17-9-18-36(44-35)33-14-8-15-34-39-30-12-5-4-11-26(30)20-21-37(39)45-40(33)34;/h4-23,25H,1-3H3;/q-2;+2. The maximum atomic E-state index is 5.27. The first kappa shape index (κ1) is 29.4. The van der Waals surface area contributed by atoms with Crippen LogP contribution in [0.2, 0.25) is 0 Å². The first-order valence-corrected chi connectivity index (χ1v) is 15.7. The number of pyridine rings is 2. The number of fused-ring (bicyclic) bond motifs is 8. The van der Waals surface area contributed by atoms with Gasteiger partial charge in [-0.3, -0.25) is 4.98 Å². The van der Waals surface area contributed by atoms with E-state index in [9.17, 15) is 0 Å². The van der Waals surface area contributed by atoms with E-state index in [0.717, 1.165) is 61.2 Å². The molecule has 228 valence electrons. The van der Waals surface area contributed by atoms with Gasteiger partial charge in [0.2, 0.25) is 0 Å². The van der Waals surface area contributed by atoms with Gasteiger partial charge in [-0.2, -0.15) is 0 Å².